The van der Waals surface area contributed by atoms with E-state index >= 15 is 0 Å². The summed E-state index contributed by atoms with van der Waals surface area (Å²) in [7, 11) is 0. The fourth-order valence-corrected chi connectivity index (χ4v) is 1.26. The number of Topliss-reactive ketones (excluding diaryl/α,β-unsaturated/α-hetero) is 1. The zero-order valence-electron chi connectivity index (χ0n) is 8.92. The molecule has 0 bridgehead atoms. The molecule has 0 unspecified atom stereocenters. The molecule has 1 aromatic rings. The Hall–Kier alpha value is -1.75. The predicted molar refractivity (Wildman–Crippen MR) is 63.0 cm³/mol. The normalized spacial score (nSPS) is 9.33. The van der Waals surface area contributed by atoms with Crippen LogP contribution in [-0.2, 0) is 0 Å². The number of ketones is 1. The van der Waals surface area contributed by atoms with Gasteiger partial charge in [-0.1, -0.05) is 6.92 Å². The lowest BCUT2D eigenvalue weighted by molar-refractivity contribution is 0.0988. The fraction of sp³-hybridized carbons (Fsp3) is 0.308. The average Bonchev–Trinajstić information content (AvgIpc) is 2.29. The molecule has 0 saturated heterocycles. The molecule has 0 spiro atoms. The molecule has 1 rings (SSSR count). The van der Waals surface area contributed by atoms with Crippen molar-refractivity contribution in [2.24, 2.45) is 0 Å². The van der Waals surface area contributed by atoms with E-state index in [1.807, 2.05) is 31.2 Å². The lowest BCUT2D eigenvalue weighted by Crippen LogP contribution is -2.01. The smallest absolute Gasteiger partial charge is 0.162 e. The molecule has 78 valence electrons. The van der Waals surface area contributed by atoms with E-state index in [-0.39, 0.29) is 5.78 Å². The first-order valence-corrected chi connectivity index (χ1v) is 5.08. The van der Waals surface area contributed by atoms with Gasteiger partial charge in [0.2, 0.25) is 0 Å². The van der Waals surface area contributed by atoms with Crippen molar-refractivity contribution in [2.75, 3.05) is 11.9 Å². The minimum absolute atomic E-state index is 0.171. The Morgan fingerprint density at radius 1 is 1.40 bits per heavy atom. The number of benzene rings is 1. The van der Waals surface area contributed by atoms with E-state index in [2.05, 4.69) is 11.2 Å². The molecule has 2 nitrogen and oxygen atoms in total. The number of carbonyl (C=O) groups is 1. The highest BCUT2D eigenvalue weighted by Crippen LogP contribution is 2.10. The summed E-state index contributed by atoms with van der Waals surface area (Å²) >= 11 is 0. The zero-order chi connectivity index (χ0) is 11.1. The molecule has 0 fully saturated rings. The van der Waals surface area contributed by atoms with Crippen LogP contribution in [0.2, 0.25) is 0 Å². The molecule has 0 atom stereocenters. The summed E-state index contributed by atoms with van der Waals surface area (Å²) in [4.78, 5) is 11.3. The second kappa shape index (κ2) is 5.87. The van der Waals surface area contributed by atoms with Gasteiger partial charge < -0.3 is 5.32 Å². The monoisotopic (exact) mass is 201 g/mol. The summed E-state index contributed by atoms with van der Waals surface area (Å²) < 4.78 is 0. The van der Waals surface area contributed by atoms with Crippen LogP contribution in [-0.4, -0.2) is 12.3 Å². The maximum Gasteiger partial charge on any atom is 0.162 e. The summed E-state index contributed by atoms with van der Waals surface area (Å²) in [6, 6.07) is 7.48. The molecule has 1 N–H and O–H groups in total. The molecular weight excluding hydrogens is 186 g/mol. The first-order valence-electron chi connectivity index (χ1n) is 5.08. The summed E-state index contributed by atoms with van der Waals surface area (Å²) in [5.41, 5.74) is 1.76. The largest absolute Gasteiger partial charge is 0.384 e. The molecule has 0 amide bonds. The van der Waals surface area contributed by atoms with Gasteiger partial charge in [-0.15, -0.1) is 12.3 Å². The number of hydrogen-bond donors (Lipinski definition) is 1. The van der Waals surface area contributed by atoms with Crippen molar-refractivity contribution in [3.05, 3.63) is 29.8 Å². The number of nitrogens with one attached hydrogen (secondary N) is 1. The van der Waals surface area contributed by atoms with Crippen molar-refractivity contribution < 1.29 is 4.79 Å². The Balaban J connectivity index is 2.57. The maximum absolute atomic E-state index is 11.3. The van der Waals surface area contributed by atoms with Gasteiger partial charge in [-0.2, -0.15) is 0 Å². The Kier molecular flexibility index (Phi) is 4.43. The van der Waals surface area contributed by atoms with Crippen molar-refractivity contribution in [3.8, 4) is 12.3 Å². The average molecular weight is 201 g/mol. The highest BCUT2D eigenvalue weighted by molar-refractivity contribution is 5.96. The van der Waals surface area contributed by atoms with Gasteiger partial charge in [-0.3, -0.25) is 4.79 Å². The van der Waals surface area contributed by atoms with E-state index < -0.39 is 0 Å². The van der Waals surface area contributed by atoms with Gasteiger partial charge in [0.25, 0.3) is 0 Å². The molecular formula is C13H15NO. The van der Waals surface area contributed by atoms with Crippen LogP contribution in [0.1, 0.15) is 30.1 Å². The van der Waals surface area contributed by atoms with Gasteiger partial charge in [0.1, 0.15) is 0 Å². The summed E-state index contributed by atoms with van der Waals surface area (Å²) in [6.45, 7) is 2.62. The SMILES string of the molecule is C#CCCNc1ccc(C(=O)CC)cc1. The van der Waals surface area contributed by atoms with Crippen molar-refractivity contribution in [2.45, 2.75) is 19.8 Å². The van der Waals surface area contributed by atoms with E-state index in [0.29, 0.717) is 12.8 Å². The lowest BCUT2D eigenvalue weighted by atomic mass is 10.1. The van der Waals surface area contributed by atoms with Crippen LogP contribution in [0, 0.1) is 12.3 Å². The molecule has 0 radical (unpaired) electrons. The van der Waals surface area contributed by atoms with E-state index in [9.17, 15) is 4.79 Å². The zero-order valence-corrected chi connectivity index (χ0v) is 8.92. The number of terminal acetylenes is 1. The van der Waals surface area contributed by atoms with Crippen LogP contribution >= 0.6 is 0 Å². The predicted octanol–water partition coefficient (Wildman–Crippen LogP) is 2.71. The van der Waals surface area contributed by atoms with Crippen LogP contribution in [0.5, 0.6) is 0 Å². The van der Waals surface area contributed by atoms with Crippen LogP contribution in [0.4, 0.5) is 5.69 Å². The molecule has 0 aliphatic carbocycles. The van der Waals surface area contributed by atoms with Gasteiger partial charge in [0.05, 0.1) is 0 Å². The first-order chi connectivity index (χ1) is 7.27. The molecule has 0 heterocycles. The van der Waals surface area contributed by atoms with Crippen molar-refractivity contribution in [1.82, 2.24) is 0 Å². The number of anilines is 1. The number of hydrogen-bond acceptors (Lipinski definition) is 2. The number of carbonyl (C=O) groups excluding carboxylic acids is 1. The topological polar surface area (TPSA) is 29.1 Å². The van der Waals surface area contributed by atoms with Gasteiger partial charge in [-0.05, 0) is 24.3 Å². The third kappa shape index (κ3) is 3.47. The van der Waals surface area contributed by atoms with Crippen molar-refractivity contribution >= 4 is 11.5 Å². The molecule has 0 aliphatic heterocycles. The lowest BCUT2D eigenvalue weighted by Gasteiger charge is -2.04. The minimum Gasteiger partial charge on any atom is -0.384 e. The first kappa shape index (κ1) is 11.3. The van der Waals surface area contributed by atoms with E-state index in [1.54, 1.807) is 0 Å². The second-order valence-corrected chi connectivity index (χ2v) is 3.23. The van der Waals surface area contributed by atoms with Crippen molar-refractivity contribution in [1.29, 1.82) is 0 Å². The summed E-state index contributed by atoms with van der Waals surface area (Å²) in [6.07, 6.45) is 6.39. The minimum atomic E-state index is 0.171. The van der Waals surface area contributed by atoms with Crippen LogP contribution < -0.4 is 5.32 Å². The van der Waals surface area contributed by atoms with Gasteiger partial charge in [-0.25, -0.2) is 0 Å². The molecule has 0 saturated carbocycles. The van der Waals surface area contributed by atoms with Crippen LogP contribution in [0.25, 0.3) is 0 Å². The number of rotatable bonds is 5. The van der Waals surface area contributed by atoms with E-state index in [0.717, 1.165) is 17.8 Å². The molecule has 0 aliphatic rings. The summed E-state index contributed by atoms with van der Waals surface area (Å²) in [5, 5.41) is 3.18. The third-order valence-electron chi connectivity index (χ3n) is 2.13. The summed E-state index contributed by atoms with van der Waals surface area (Å²) in [5.74, 6) is 2.73. The van der Waals surface area contributed by atoms with E-state index in [4.69, 9.17) is 6.42 Å². The van der Waals surface area contributed by atoms with Crippen molar-refractivity contribution in [3.63, 3.8) is 0 Å². The fourth-order valence-electron chi connectivity index (χ4n) is 1.26. The Bertz CT molecular complexity index is 359. The second-order valence-electron chi connectivity index (χ2n) is 3.23. The highest BCUT2D eigenvalue weighted by atomic mass is 16.1. The highest BCUT2D eigenvalue weighted by Gasteiger charge is 2.01. The standard InChI is InChI=1S/C13H15NO/c1-3-5-10-14-12-8-6-11(7-9-12)13(15)4-2/h1,6-9,14H,4-5,10H2,2H3. The quantitative estimate of drug-likeness (QED) is 0.451. The Morgan fingerprint density at radius 2 is 2.07 bits per heavy atom. The third-order valence-corrected chi connectivity index (χ3v) is 2.13. The van der Waals surface area contributed by atoms with Crippen LogP contribution in [0.3, 0.4) is 0 Å². The molecule has 2 heteroatoms. The van der Waals surface area contributed by atoms with Crippen LogP contribution in [0.15, 0.2) is 24.3 Å². The molecule has 1 aromatic carbocycles. The van der Waals surface area contributed by atoms with Gasteiger partial charge in [0, 0.05) is 30.6 Å². The Morgan fingerprint density at radius 3 is 2.60 bits per heavy atom. The van der Waals surface area contributed by atoms with Gasteiger partial charge in [0.15, 0.2) is 5.78 Å². The van der Waals surface area contributed by atoms with Gasteiger partial charge >= 0.3 is 0 Å². The maximum atomic E-state index is 11.3. The molecule has 15 heavy (non-hydrogen) atoms. The Labute approximate surface area is 90.7 Å². The molecule has 0 aromatic heterocycles. The van der Waals surface area contributed by atoms with E-state index in [1.165, 1.54) is 0 Å².